The third-order valence-corrected chi connectivity index (χ3v) is 4.20. The molecule has 0 spiro atoms. The maximum absolute atomic E-state index is 12.4. The van der Waals surface area contributed by atoms with Gasteiger partial charge in [0.2, 0.25) is 0 Å². The lowest BCUT2D eigenvalue weighted by Crippen LogP contribution is -2.08. The van der Waals surface area contributed by atoms with Gasteiger partial charge in [-0.15, -0.1) is 0 Å². The third kappa shape index (κ3) is 4.30. The van der Waals surface area contributed by atoms with E-state index in [9.17, 15) is 24.8 Å². The van der Waals surface area contributed by atoms with Gasteiger partial charge in [0.25, 0.3) is 5.69 Å². The number of halogens is 2. The number of phenolic OH excluding ortho intramolecular Hbond substituents is 1. The highest BCUT2D eigenvalue weighted by molar-refractivity contribution is 6.42. The van der Waals surface area contributed by atoms with Crippen molar-refractivity contribution in [1.82, 2.24) is 0 Å². The Morgan fingerprint density at radius 2 is 1.85 bits per heavy atom. The number of benzene rings is 2. The molecule has 0 amide bonds. The summed E-state index contributed by atoms with van der Waals surface area (Å²) >= 11 is 11.6. The van der Waals surface area contributed by atoms with Crippen molar-refractivity contribution < 1.29 is 24.4 Å². The average Bonchev–Trinajstić information content (AvgIpc) is 2.57. The number of nitro benzene ring substituents is 1. The first kappa shape index (κ1) is 19.7. The van der Waals surface area contributed by atoms with Gasteiger partial charge < -0.3 is 9.84 Å². The molecule has 0 radical (unpaired) electrons. The second-order valence-corrected chi connectivity index (χ2v) is 6.02. The predicted octanol–water partition coefficient (Wildman–Crippen LogP) is 4.21. The highest BCUT2D eigenvalue weighted by Crippen LogP contribution is 2.32. The van der Waals surface area contributed by atoms with E-state index in [4.69, 9.17) is 27.9 Å². The lowest BCUT2D eigenvalue weighted by molar-refractivity contribution is -0.385. The van der Waals surface area contributed by atoms with Crippen molar-refractivity contribution >= 4 is 40.6 Å². The molecule has 0 aromatic heterocycles. The van der Waals surface area contributed by atoms with E-state index in [-0.39, 0.29) is 45.5 Å². The Balaban J connectivity index is 2.32. The maximum atomic E-state index is 12.4. The topological polar surface area (TPSA) is 107 Å². The number of esters is 1. The fourth-order valence-electron chi connectivity index (χ4n) is 2.27. The minimum absolute atomic E-state index is 0.00352. The summed E-state index contributed by atoms with van der Waals surface area (Å²) in [6, 6.07) is 6.00. The van der Waals surface area contributed by atoms with Crippen LogP contribution in [0.3, 0.4) is 0 Å². The van der Waals surface area contributed by atoms with E-state index < -0.39 is 22.4 Å². The van der Waals surface area contributed by atoms with Crippen LogP contribution in [0.15, 0.2) is 30.3 Å². The van der Waals surface area contributed by atoms with E-state index in [0.29, 0.717) is 0 Å². The first-order chi connectivity index (χ1) is 12.2. The van der Waals surface area contributed by atoms with Crippen molar-refractivity contribution in [3.63, 3.8) is 0 Å². The van der Waals surface area contributed by atoms with Gasteiger partial charge >= 0.3 is 5.97 Å². The highest BCUT2D eigenvalue weighted by atomic mass is 35.5. The molecule has 136 valence electrons. The quantitative estimate of drug-likeness (QED) is 0.338. The van der Waals surface area contributed by atoms with Crippen molar-refractivity contribution in [3.05, 3.63) is 67.2 Å². The van der Waals surface area contributed by atoms with E-state index in [1.807, 2.05) is 0 Å². The molecule has 2 aromatic carbocycles. The van der Waals surface area contributed by atoms with Gasteiger partial charge in [0.05, 0.1) is 32.7 Å². The van der Waals surface area contributed by atoms with E-state index in [2.05, 4.69) is 0 Å². The van der Waals surface area contributed by atoms with E-state index in [0.717, 1.165) is 12.1 Å². The van der Waals surface area contributed by atoms with Gasteiger partial charge in [-0.05, 0) is 31.2 Å². The first-order valence-electron chi connectivity index (χ1n) is 7.40. The number of rotatable bonds is 6. The second kappa shape index (κ2) is 8.16. The predicted molar refractivity (Wildman–Crippen MR) is 95.2 cm³/mol. The largest absolute Gasteiger partial charge is 0.507 e. The van der Waals surface area contributed by atoms with Crippen LogP contribution < -0.4 is 0 Å². The molecule has 0 heterocycles. The maximum Gasteiger partial charge on any atom is 0.338 e. The Bertz CT molecular complexity index is 897. The monoisotopic (exact) mass is 397 g/mol. The molecule has 2 aromatic rings. The van der Waals surface area contributed by atoms with Crippen LogP contribution in [0.5, 0.6) is 5.75 Å². The van der Waals surface area contributed by atoms with Gasteiger partial charge in [-0.3, -0.25) is 14.9 Å². The molecule has 7 nitrogen and oxygen atoms in total. The fourth-order valence-corrected chi connectivity index (χ4v) is 2.61. The minimum Gasteiger partial charge on any atom is -0.507 e. The second-order valence-electron chi connectivity index (χ2n) is 5.20. The number of ketones is 1. The van der Waals surface area contributed by atoms with Crippen molar-refractivity contribution in [2.24, 2.45) is 0 Å². The summed E-state index contributed by atoms with van der Waals surface area (Å²) in [7, 11) is 0. The molecular weight excluding hydrogens is 385 g/mol. The Morgan fingerprint density at radius 3 is 2.42 bits per heavy atom. The standard InChI is InChI=1S/C17H13Cl2NO6/c1-2-26-17(23)9-3-4-11(15(21)6-9)16(22)7-10-5-12(18)13(19)8-14(10)20(24)25/h3-6,8,21H,2,7H2,1H3. The molecule has 0 atom stereocenters. The Labute approximate surface area is 158 Å². The fraction of sp³-hybridized carbons (Fsp3) is 0.176. The van der Waals surface area contributed by atoms with E-state index in [1.165, 1.54) is 18.2 Å². The van der Waals surface area contributed by atoms with Crippen molar-refractivity contribution in [1.29, 1.82) is 0 Å². The van der Waals surface area contributed by atoms with Gasteiger partial charge in [0.1, 0.15) is 5.75 Å². The summed E-state index contributed by atoms with van der Waals surface area (Å²) in [6.45, 7) is 1.81. The molecule has 0 aliphatic carbocycles. The lowest BCUT2D eigenvalue weighted by atomic mass is 9.99. The molecule has 0 aliphatic rings. The number of hydrogen-bond donors (Lipinski definition) is 1. The van der Waals surface area contributed by atoms with E-state index in [1.54, 1.807) is 6.92 Å². The Morgan fingerprint density at radius 1 is 1.19 bits per heavy atom. The average molecular weight is 398 g/mol. The van der Waals surface area contributed by atoms with Crippen LogP contribution in [0.1, 0.15) is 33.2 Å². The molecule has 0 aliphatic heterocycles. The molecule has 0 saturated heterocycles. The molecule has 9 heteroatoms. The molecule has 0 unspecified atom stereocenters. The van der Waals surface area contributed by atoms with Crippen LogP contribution in [0.25, 0.3) is 0 Å². The van der Waals surface area contributed by atoms with Crippen LogP contribution in [0.4, 0.5) is 5.69 Å². The van der Waals surface area contributed by atoms with Gasteiger partial charge in [-0.2, -0.15) is 0 Å². The van der Waals surface area contributed by atoms with Crippen molar-refractivity contribution in [3.8, 4) is 5.75 Å². The normalized spacial score (nSPS) is 10.4. The number of aromatic hydroxyl groups is 1. The van der Waals surface area contributed by atoms with Crippen molar-refractivity contribution in [2.45, 2.75) is 13.3 Å². The molecule has 2 rings (SSSR count). The lowest BCUT2D eigenvalue weighted by Gasteiger charge is -2.08. The zero-order chi connectivity index (χ0) is 19.4. The SMILES string of the molecule is CCOC(=O)c1ccc(C(=O)Cc2cc(Cl)c(Cl)cc2[N+](=O)[O-])c(O)c1. The summed E-state index contributed by atoms with van der Waals surface area (Å²) in [4.78, 5) is 34.5. The molecule has 0 bridgehead atoms. The number of ether oxygens (including phenoxy) is 1. The number of phenols is 1. The Kier molecular flexibility index (Phi) is 6.18. The van der Waals surface area contributed by atoms with Gasteiger partial charge in [-0.25, -0.2) is 4.79 Å². The van der Waals surface area contributed by atoms with Crippen LogP contribution in [0.2, 0.25) is 10.0 Å². The first-order valence-corrected chi connectivity index (χ1v) is 8.15. The highest BCUT2D eigenvalue weighted by Gasteiger charge is 2.22. The molecule has 0 fully saturated rings. The van der Waals surface area contributed by atoms with Crippen LogP contribution in [0, 0.1) is 10.1 Å². The van der Waals surface area contributed by atoms with Crippen LogP contribution in [-0.2, 0) is 11.2 Å². The smallest absolute Gasteiger partial charge is 0.338 e. The zero-order valence-corrected chi connectivity index (χ0v) is 15.0. The summed E-state index contributed by atoms with van der Waals surface area (Å²) in [5, 5.41) is 21.2. The summed E-state index contributed by atoms with van der Waals surface area (Å²) < 4.78 is 4.81. The number of nitrogens with zero attached hydrogens (tertiary/aromatic N) is 1. The summed E-state index contributed by atoms with van der Waals surface area (Å²) in [5.74, 6) is -1.65. The number of nitro groups is 1. The van der Waals surface area contributed by atoms with Crippen LogP contribution in [-0.4, -0.2) is 28.4 Å². The number of Topliss-reactive ketones (excluding diaryl/α,β-unsaturated/α-hetero) is 1. The number of hydrogen-bond acceptors (Lipinski definition) is 6. The zero-order valence-electron chi connectivity index (χ0n) is 13.5. The Hall–Kier alpha value is -2.64. The third-order valence-electron chi connectivity index (χ3n) is 3.48. The number of carbonyl (C=O) groups excluding carboxylic acids is 2. The molecule has 26 heavy (non-hydrogen) atoms. The van der Waals surface area contributed by atoms with Crippen LogP contribution >= 0.6 is 23.2 Å². The minimum atomic E-state index is -0.672. The van der Waals surface area contributed by atoms with Crippen molar-refractivity contribution in [2.75, 3.05) is 6.61 Å². The molecule has 1 N–H and O–H groups in total. The molecule has 0 saturated carbocycles. The van der Waals surface area contributed by atoms with E-state index >= 15 is 0 Å². The van der Waals surface area contributed by atoms with Gasteiger partial charge in [0, 0.05) is 18.1 Å². The molecular formula is C17H13Cl2NO6. The summed E-state index contributed by atoms with van der Waals surface area (Å²) in [6.07, 6.45) is -0.375. The van der Waals surface area contributed by atoms with Gasteiger partial charge in [0.15, 0.2) is 5.78 Å². The summed E-state index contributed by atoms with van der Waals surface area (Å²) in [5.41, 5.74) is -0.293. The van der Waals surface area contributed by atoms with Gasteiger partial charge in [-0.1, -0.05) is 23.2 Å². The number of carbonyl (C=O) groups is 2.